The van der Waals surface area contributed by atoms with Gasteiger partial charge < -0.3 is 14.6 Å². The highest BCUT2D eigenvalue weighted by molar-refractivity contribution is 5.92. The third kappa shape index (κ3) is 2.42. The van der Waals surface area contributed by atoms with Gasteiger partial charge >= 0.3 is 0 Å². The van der Waals surface area contributed by atoms with Gasteiger partial charge in [-0.25, -0.2) is 4.39 Å². The van der Waals surface area contributed by atoms with Crippen molar-refractivity contribution in [2.24, 2.45) is 0 Å². The second-order valence-corrected chi connectivity index (χ2v) is 4.99. The van der Waals surface area contributed by atoms with Crippen LogP contribution >= 0.6 is 12.4 Å². The molecule has 104 valence electrons. The summed E-state index contributed by atoms with van der Waals surface area (Å²) in [6, 6.07) is 3.69. The Bertz CT molecular complexity index is 584. The van der Waals surface area contributed by atoms with E-state index in [1.165, 1.54) is 6.07 Å². The fourth-order valence-corrected chi connectivity index (χ4v) is 2.62. The summed E-state index contributed by atoms with van der Waals surface area (Å²) in [5, 5.41) is 4.36. The molecule has 5 heteroatoms. The Morgan fingerprint density at radius 3 is 2.95 bits per heavy atom. The summed E-state index contributed by atoms with van der Waals surface area (Å²) in [7, 11) is 0. The van der Waals surface area contributed by atoms with E-state index in [2.05, 4.69) is 17.1 Å². The monoisotopic (exact) mass is 284 g/mol. The zero-order valence-corrected chi connectivity index (χ0v) is 11.9. The lowest BCUT2D eigenvalue weighted by molar-refractivity contribution is 0.477. The first-order valence-corrected chi connectivity index (χ1v) is 6.31. The minimum Gasteiger partial charge on any atom is -0.462 e. The lowest BCUT2D eigenvalue weighted by atomic mass is 10.1. The number of anilines is 1. The predicted octanol–water partition coefficient (Wildman–Crippen LogP) is 3.10. The summed E-state index contributed by atoms with van der Waals surface area (Å²) in [6.45, 7) is 6.57. The molecular formula is C14H18ClFN2O. The van der Waals surface area contributed by atoms with E-state index in [4.69, 9.17) is 4.42 Å². The first-order chi connectivity index (χ1) is 8.66. The molecule has 0 bridgehead atoms. The largest absolute Gasteiger partial charge is 0.462 e. The lowest BCUT2D eigenvalue weighted by Crippen LogP contribution is -2.49. The second-order valence-electron chi connectivity index (χ2n) is 4.99. The molecule has 3 nitrogen and oxygen atoms in total. The third-order valence-corrected chi connectivity index (χ3v) is 3.55. The molecule has 0 aliphatic carbocycles. The van der Waals surface area contributed by atoms with Crippen LogP contribution in [0.4, 0.5) is 10.1 Å². The van der Waals surface area contributed by atoms with Crippen LogP contribution < -0.4 is 10.2 Å². The van der Waals surface area contributed by atoms with Crippen LogP contribution in [0.2, 0.25) is 0 Å². The van der Waals surface area contributed by atoms with Crippen molar-refractivity contribution in [1.82, 2.24) is 5.32 Å². The quantitative estimate of drug-likeness (QED) is 0.872. The average molecular weight is 285 g/mol. The van der Waals surface area contributed by atoms with Gasteiger partial charge in [-0.3, -0.25) is 0 Å². The van der Waals surface area contributed by atoms with E-state index in [0.29, 0.717) is 17.3 Å². The molecular weight excluding hydrogens is 267 g/mol. The fourth-order valence-electron chi connectivity index (χ4n) is 2.62. The smallest absolute Gasteiger partial charge is 0.160 e. The maximum atomic E-state index is 14.1. The number of halogens is 2. The molecule has 0 spiro atoms. The van der Waals surface area contributed by atoms with Gasteiger partial charge in [0.25, 0.3) is 0 Å². The SMILES string of the molecule is Cc1coc2c(N3CCN[C@H](C)C3)c(F)ccc12.Cl. The summed E-state index contributed by atoms with van der Waals surface area (Å²) >= 11 is 0. The standard InChI is InChI=1S/C14H17FN2O.ClH/c1-9-8-18-14-11(9)3-4-12(15)13(14)17-6-5-16-10(2)7-17;/h3-4,8,10,16H,5-7H2,1-2H3;1H/t10-;/m1./s1. The molecule has 2 heterocycles. The van der Waals surface area contributed by atoms with E-state index in [1.807, 2.05) is 6.92 Å². The summed E-state index contributed by atoms with van der Waals surface area (Å²) in [5.74, 6) is -0.203. The summed E-state index contributed by atoms with van der Waals surface area (Å²) < 4.78 is 19.7. The number of aryl methyl sites for hydroxylation is 1. The van der Waals surface area contributed by atoms with E-state index in [9.17, 15) is 4.39 Å². The van der Waals surface area contributed by atoms with Crippen molar-refractivity contribution in [3.8, 4) is 0 Å². The van der Waals surface area contributed by atoms with Crippen LogP contribution in [0, 0.1) is 12.7 Å². The minimum atomic E-state index is -0.203. The van der Waals surface area contributed by atoms with Gasteiger partial charge in [0.05, 0.1) is 6.26 Å². The Balaban J connectivity index is 0.00000133. The van der Waals surface area contributed by atoms with Gasteiger partial charge in [0, 0.05) is 31.1 Å². The number of nitrogens with zero attached hydrogens (tertiary/aromatic N) is 1. The predicted molar refractivity (Wildman–Crippen MR) is 77.8 cm³/mol. The van der Waals surface area contributed by atoms with Gasteiger partial charge in [0.2, 0.25) is 0 Å². The van der Waals surface area contributed by atoms with E-state index in [-0.39, 0.29) is 18.2 Å². The Morgan fingerprint density at radius 2 is 2.21 bits per heavy atom. The van der Waals surface area contributed by atoms with E-state index >= 15 is 0 Å². The van der Waals surface area contributed by atoms with Crippen LogP contribution in [-0.2, 0) is 0 Å². The minimum absolute atomic E-state index is 0. The van der Waals surface area contributed by atoms with Crippen LogP contribution in [0.15, 0.2) is 22.8 Å². The second kappa shape index (κ2) is 5.39. The van der Waals surface area contributed by atoms with Crippen LogP contribution in [0.1, 0.15) is 12.5 Å². The van der Waals surface area contributed by atoms with Gasteiger partial charge in [0.15, 0.2) is 5.58 Å². The van der Waals surface area contributed by atoms with Crippen LogP contribution in [0.3, 0.4) is 0 Å². The van der Waals surface area contributed by atoms with Gasteiger partial charge in [-0.1, -0.05) is 0 Å². The molecule has 1 N–H and O–H groups in total. The highest BCUT2D eigenvalue weighted by atomic mass is 35.5. The molecule has 1 aromatic heterocycles. The van der Waals surface area contributed by atoms with Gasteiger partial charge in [-0.2, -0.15) is 0 Å². The number of rotatable bonds is 1. The zero-order chi connectivity index (χ0) is 12.7. The average Bonchev–Trinajstić information content (AvgIpc) is 2.71. The molecule has 0 saturated carbocycles. The van der Waals surface area contributed by atoms with Crippen molar-refractivity contribution in [2.45, 2.75) is 19.9 Å². The number of benzene rings is 1. The summed E-state index contributed by atoms with van der Waals surface area (Å²) in [4.78, 5) is 2.07. The molecule has 19 heavy (non-hydrogen) atoms. The number of nitrogens with one attached hydrogen (secondary N) is 1. The summed E-state index contributed by atoms with van der Waals surface area (Å²) in [5.41, 5.74) is 2.32. The van der Waals surface area contributed by atoms with Crippen molar-refractivity contribution >= 4 is 29.1 Å². The molecule has 1 aliphatic heterocycles. The number of furan rings is 1. The van der Waals surface area contributed by atoms with Gasteiger partial charge in [0.1, 0.15) is 11.5 Å². The number of piperazine rings is 1. The first-order valence-electron chi connectivity index (χ1n) is 6.31. The maximum absolute atomic E-state index is 14.1. The highest BCUT2D eigenvalue weighted by Gasteiger charge is 2.22. The van der Waals surface area contributed by atoms with Crippen molar-refractivity contribution in [2.75, 3.05) is 24.5 Å². The van der Waals surface area contributed by atoms with E-state index in [1.54, 1.807) is 12.3 Å². The molecule has 1 aromatic carbocycles. The van der Waals surface area contributed by atoms with Gasteiger partial charge in [-0.05, 0) is 31.5 Å². The van der Waals surface area contributed by atoms with Crippen LogP contribution in [0.25, 0.3) is 11.0 Å². The molecule has 1 saturated heterocycles. The molecule has 0 unspecified atom stereocenters. The van der Waals surface area contributed by atoms with Crippen LogP contribution in [-0.4, -0.2) is 25.7 Å². The van der Waals surface area contributed by atoms with Crippen molar-refractivity contribution in [3.63, 3.8) is 0 Å². The zero-order valence-electron chi connectivity index (χ0n) is 11.1. The number of fused-ring (bicyclic) bond motifs is 1. The van der Waals surface area contributed by atoms with Crippen LogP contribution in [0.5, 0.6) is 0 Å². The summed E-state index contributed by atoms with van der Waals surface area (Å²) in [6.07, 6.45) is 1.69. The number of hydrogen-bond donors (Lipinski definition) is 1. The Hall–Kier alpha value is -1.26. The Morgan fingerprint density at radius 1 is 1.42 bits per heavy atom. The van der Waals surface area contributed by atoms with Gasteiger partial charge in [-0.15, -0.1) is 12.4 Å². The van der Waals surface area contributed by atoms with Crippen molar-refractivity contribution in [1.29, 1.82) is 0 Å². The topological polar surface area (TPSA) is 28.4 Å². The van der Waals surface area contributed by atoms with E-state index in [0.717, 1.165) is 30.6 Å². The number of hydrogen-bond acceptors (Lipinski definition) is 3. The molecule has 2 aromatic rings. The van der Waals surface area contributed by atoms with E-state index < -0.39 is 0 Å². The molecule has 0 radical (unpaired) electrons. The Labute approximate surface area is 118 Å². The molecule has 1 fully saturated rings. The normalized spacial score (nSPS) is 19.5. The third-order valence-electron chi connectivity index (χ3n) is 3.55. The first kappa shape index (κ1) is 14.2. The maximum Gasteiger partial charge on any atom is 0.160 e. The fraction of sp³-hybridized carbons (Fsp3) is 0.429. The highest BCUT2D eigenvalue weighted by Crippen LogP contribution is 2.33. The molecule has 1 aliphatic rings. The van der Waals surface area contributed by atoms with Crippen molar-refractivity contribution in [3.05, 3.63) is 29.8 Å². The van der Waals surface area contributed by atoms with Crippen molar-refractivity contribution < 1.29 is 8.81 Å². The molecule has 3 rings (SSSR count). The molecule has 1 atom stereocenters. The lowest BCUT2D eigenvalue weighted by Gasteiger charge is -2.33. The Kier molecular flexibility index (Phi) is 4.02. The molecule has 0 amide bonds.